The van der Waals surface area contributed by atoms with Gasteiger partial charge in [0, 0.05) is 12.6 Å². The van der Waals surface area contributed by atoms with E-state index < -0.39 is 0 Å². The Bertz CT molecular complexity index is 70.1. The first-order valence-electron chi connectivity index (χ1n) is 3.09. The lowest BCUT2D eigenvalue weighted by molar-refractivity contribution is 0.152. The molecule has 0 bridgehead atoms. The number of rotatable bonds is 4. The number of hydrogen-bond donors (Lipinski definition) is 1. The van der Waals surface area contributed by atoms with E-state index in [1.807, 2.05) is 6.92 Å². The summed E-state index contributed by atoms with van der Waals surface area (Å²) in [6.07, 6.45) is 0. The molecular weight excluding hydrogens is 121 g/mol. The Morgan fingerprint density at radius 2 is 2.22 bits per heavy atom. The van der Waals surface area contributed by atoms with Crippen LogP contribution in [0.15, 0.2) is 0 Å². The van der Waals surface area contributed by atoms with Crippen molar-refractivity contribution in [1.82, 2.24) is 4.90 Å². The van der Waals surface area contributed by atoms with E-state index >= 15 is 0 Å². The lowest BCUT2D eigenvalue weighted by Crippen LogP contribution is -2.33. The molecule has 0 heterocycles. The van der Waals surface area contributed by atoms with Gasteiger partial charge in [-0.2, -0.15) is 0 Å². The van der Waals surface area contributed by atoms with Crippen LogP contribution in [0.3, 0.4) is 0 Å². The highest BCUT2D eigenvalue weighted by atomic mass is 19.1. The number of nitrogens with zero attached hydrogens (tertiary/aromatic N) is 1. The topological polar surface area (TPSA) is 23.5 Å². The zero-order valence-corrected chi connectivity index (χ0v) is 5.97. The second-order valence-electron chi connectivity index (χ2n) is 2.20. The van der Waals surface area contributed by atoms with E-state index in [1.165, 1.54) is 0 Å². The van der Waals surface area contributed by atoms with Gasteiger partial charge in [-0.25, -0.2) is 4.39 Å². The minimum atomic E-state index is -0.346. The van der Waals surface area contributed by atoms with E-state index in [2.05, 4.69) is 0 Å². The van der Waals surface area contributed by atoms with Gasteiger partial charge in [-0.15, -0.1) is 0 Å². The van der Waals surface area contributed by atoms with Crippen LogP contribution in [0.5, 0.6) is 0 Å². The molecule has 1 unspecified atom stereocenters. The molecule has 0 radical (unpaired) electrons. The van der Waals surface area contributed by atoms with Crippen LogP contribution in [0, 0.1) is 0 Å². The summed E-state index contributed by atoms with van der Waals surface area (Å²) in [5.74, 6) is 0. The number of halogens is 1. The first-order chi connectivity index (χ1) is 4.22. The van der Waals surface area contributed by atoms with Gasteiger partial charge in [0.25, 0.3) is 0 Å². The summed E-state index contributed by atoms with van der Waals surface area (Å²) >= 11 is 0. The molecule has 0 spiro atoms. The highest BCUT2D eigenvalue weighted by molar-refractivity contribution is 4.59. The molecular formula is C6H14FNO. The van der Waals surface area contributed by atoms with Crippen molar-refractivity contribution in [2.45, 2.75) is 13.0 Å². The van der Waals surface area contributed by atoms with Gasteiger partial charge in [-0.3, -0.25) is 4.90 Å². The molecule has 1 atom stereocenters. The minimum absolute atomic E-state index is 0.0701. The second-order valence-corrected chi connectivity index (χ2v) is 2.20. The van der Waals surface area contributed by atoms with Crippen molar-refractivity contribution in [1.29, 1.82) is 0 Å². The third-order valence-electron chi connectivity index (χ3n) is 1.45. The van der Waals surface area contributed by atoms with E-state index in [-0.39, 0.29) is 19.3 Å². The molecule has 0 fully saturated rings. The molecule has 56 valence electrons. The van der Waals surface area contributed by atoms with E-state index in [1.54, 1.807) is 11.9 Å². The van der Waals surface area contributed by atoms with Crippen LogP contribution >= 0.6 is 0 Å². The molecule has 0 saturated carbocycles. The average molecular weight is 135 g/mol. The zero-order valence-electron chi connectivity index (χ0n) is 5.97. The highest BCUT2D eigenvalue weighted by Gasteiger charge is 2.05. The van der Waals surface area contributed by atoms with Gasteiger partial charge in [0.05, 0.1) is 6.61 Å². The Morgan fingerprint density at radius 1 is 1.67 bits per heavy atom. The minimum Gasteiger partial charge on any atom is -0.395 e. The fourth-order valence-corrected chi connectivity index (χ4v) is 0.493. The van der Waals surface area contributed by atoms with Crippen LogP contribution < -0.4 is 0 Å². The van der Waals surface area contributed by atoms with Crippen molar-refractivity contribution >= 4 is 0 Å². The molecule has 3 heteroatoms. The van der Waals surface area contributed by atoms with Crippen LogP contribution in [0.2, 0.25) is 0 Å². The first kappa shape index (κ1) is 8.85. The van der Waals surface area contributed by atoms with Crippen LogP contribution in [0.1, 0.15) is 6.92 Å². The van der Waals surface area contributed by atoms with Crippen LogP contribution in [-0.4, -0.2) is 42.9 Å². The molecule has 0 rings (SSSR count). The Morgan fingerprint density at radius 3 is 2.56 bits per heavy atom. The maximum Gasteiger partial charge on any atom is 0.102 e. The van der Waals surface area contributed by atoms with Crippen molar-refractivity contribution in [3.05, 3.63) is 0 Å². The average Bonchev–Trinajstić information content (AvgIpc) is 1.87. The van der Waals surface area contributed by atoms with Crippen LogP contribution in [0.25, 0.3) is 0 Å². The van der Waals surface area contributed by atoms with Gasteiger partial charge >= 0.3 is 0 Å². The molecule has 0 amide bonds. The van der Waals surface area contributed by atoms with Gasteiger partial charge < -0.3 is 5.11 Å². The molecule has 0 aliphatic rings. The van der Waals surface area contributed by atoms with E-state index in [0.717, 1.165) is 0 Å². The molecule has 0 aliphatic carbocycles. The Hall–Kier alpha value is -0.150. The summed E-state index contributed by atoms with van der Waals surface area (Å²) in [5.41, 5.74) is 0. The SMILES string of the molecule is CC(CO)N(C)CCF. The van der Waals surface area contributed by atoms with E-state index in [9.17, 15) is 4.39 Å². The normalized spacial score (nSPS) is 14.3. The van der Waals surface area contributed by atoms with Gasteiger partial charge in [0.15, 0.2) is 0 Å². The van der Waals surface area contributed by atoms with Crippen molar-refractivity contribution in [3.8, 4) is 0 Å². The van der Waals surface area contributed by atoms with Gasteiger partial charge in [-0.1, -0.05) is 0 Å². The molecule has 2 nitrogen and oxygen atoms in total. The third-order valence-corrected chi connectivity index (χ3v) is 1.45. The summed E-state index contributed by atoms with van der Waals surface area (Å²) in [4.78, 5) is 1.78. The summed E-state index contributed by atoms with van der Waals surface area (Å²) in [6.45, 7) is 2.01. The van der Waals surface area contributed by atoms with Crippen LogP contribution in [0.4, 0.5) is 4.39 Å². The fraction of sp³-hybridized carbons (Fsp3) is 1.00. The molecule has 0 aromatic carbocycles. The first-order valence-corrected chi connectivity index (χ1v) is 3.09. The van der Waals surface area contributed by atoms with E-state index in [0.29, 0.717) is 6.54 Å². The molecule has 0 aromatic heterocycles. The van der Waals surface area contributed by atoms with Gasteiger partial charge in [-0.05, 0) is 14.0 Å². The maximum absolute atomic E-state index is 11.6. The lowest BCUT2D eigenvalue weighted by atomic mass is 10.3. The summed E-state index contributed by atoms with van der Waals surface area (Å²) in [5, 5.41) is 8.57. The molecule has 1 N–H and O–H groups in total. The van der Waals surface area contributed by atoms with Crippen molar-refractivity contribution in [2.75, 3.05) is 26.9 Å². The molecule has 9 heavy (non-hydrogen) atoms. The summed E-state index contributed by atoms with van der Waals surface area (Å²) in [7, 11) is 1.79. The molecule has 0 aliphatic heterocycles. The maximum atomic E-state index is 11.6. The van der Waals surface area contributed by atoms with Gasteiger partial charge in [0.2, 0.25) is 0 Å². The quantitative estimate of drug-likeness (QED) is 0.598. The Kier molecular flexibility index (Phi) is 4.62. The van der Waals surface area contributed by atoms with Crippen molar-refractivity contribution in [2.24, 2.45) is 0 Å². The monoisotopic (exact) mass is 135 g/mol. The smallest absolute Gasteiger partial charge is 0.102 e. The number of alkyl halides is 1. The van der Waals surface area contributed by atoms with Crippen LogP contribution in [-0.2, 0) is 0 Å². The standard InChI is InChI=1S/C6H14FNO/c1-6(5-9)8(2)4-3-7/h6,9H,3-5H2,1-2H3. The predicted molar refractivity (Wildman–Crippen MR) is 35.2 cm³/mol. The second kappa shape index (κ2) is 4.70. The van der Waals surface area contributed by atoms with Crippen molar-refractivity contribution < 1.29 is 9.50 Å². The molecule has 0 saturated heterocycles. The Balaban J connectivity index is 3.32. The Labute approximate surface area is 55.3 Å². The predicted octanol–water partition coefficient (Wildman–Crippen LogP) is 0.269. The fourth-order valence-electron chi connectivity index (χ4n) is 0.493. The third kappa shape index (κ3) is 3.43. The zero-order chi connectivity index (χ0) is 7.28. The number of aliphatic hydroxyl groups is 1. The van der Waals surface area contributed by atoms with Crippen molar-refractivity contribution in [3.63, 3.8) is 0 Å². The molecule has 0 aromatic rings. The summed E-state index contributed by atoms with van der Waals surface area (Å²) < 4.78 is 11.6. The summed E-state index contributed by atoms with van der Waals surface area (Å²) in [6, 6.07) is 0.0701. The van der Waals surface area contributed by atoms with E-state index in [4.69, 9.17) is 5.11 Å². The highest BCUT2D eigenvalue weighted by Crippen LogP contribution is 1.92. The van der Waals surface area contributed by atoms with Gasteiger partial charge in [0.1, 0.15) is 6.67 Å². The lowest BCUT2D eigenvalue weighted by Gasteiger charge is -2.20. The number of hydrogen-bond acceptors (Lipinski definition) is 2. The number of likely N-dealkylation sites (N-methyl/N-ethyl adjacent to an activating group) is 1. The largest absolute Gasteiger partial charge is 0.395 e. The number of aliphatic hydroxyl groups excluding tert-OH is 1.